The second-order valence-electron chi connectivity index (χ2n) is 5.14. The molecule has 1 atom stereocenters. The summed E-state index contributed by atoms with van der Waals surface area (Å²) in [4.78, 5) is 4.55. The van der Waals surface area contributed by atoms with Crippen molar-refractivity contribution in [2.24, 2.45) is 0 Å². The molecule has 1 N–H and O–H groups in total. The third kappa shape index (κ3) is 4.76. The van der Waals surface area contributed by atoms with Gasteiger partial charge < -0.3 is 5.32 Å². The van der Waals surface area contributed by atoms with E-state index in [0.29, 0.717) is 0 Å². The van der Waals surface area contributed by atoms with E-state index >= 15 is 0 Å². The van der Waals surface area contributed by atoms with Crippen LogP contribution in [0.2, 0.25) is 0 Å². The van der Waals surface area contributed by atoms with Gasteiger partial charge in [0.2, 0.25) is 0 Å². The molecule has 2 aromatic rings. The predicted molar refractivity (Wildman–Crippen MR) is 101 cm³/mol. The lowest BCUT2D eigenvalue weighted by Gasteiger charge is -2.21. The number of nitrogens with one attached hydrogen (secondary N) is 1. The van der Waals surface area contributed by atoms with Crippen molar-refractivity contribution in [3.63, 3.8) is 0 Å². The van der Waals surface area contributed by atoms with Crippen molar-refractivity contribution in [1.82, 2.24) is 10.3 Å². The lowest BCUT2D eigenvalue weighted by Crippen LogP contribution is -2.25. The van der Waals surface area contributed by atoms with Crippen LogP contribution < -0.4 is 5.32 Å². The van der Waals surface area contributed by atoms with Gasteiger partial charge in [-0.3, -0.25) is 4.98 Å². The molecule has 112 valence electrons. The van der Waals surface area contributed by atoms with E-state index in [2.05, 4.69) is 86.9 Å². The molecule has 0 fully saturated rings. The third-order valence-electron chi connectivity index (χ3n) is 3.49. The molecular weight excluding hydrogens is 439 g/mol. The molecule has 1 heterocycles. The summed E-state index contributed by atoms with van der Waals surface area (Å²) in [7, 11) is 0. The molecule has 1 aromatic heterocycles. The largest absolute Gasteiger partial charge is 0.310 e. The summed E-state index contributed by atoms with van der Waals surface area (Å²) in [6, 6.07) is 10.9. The van der Waals surface area contributed by atoms with Crippen LogP contribution in [0.25, 0.3) is 0 Å². The summed E-state index contributed by atoms with van der Waals surface area (Å²) in [5.74, 6) is 0. The van der Waals surface area contributed by atoms with Gasteiger partial charge in [0.15, 0.2) is 0 Å². The van der Waals surface area contributed by atoms with Gasteiger partial charge in [0.25, 0.3) is 0 Å². The van der Waals surface area contributed by atoms with Gasteiger partial charge in [-0.2, -0.15) is 0 Å². The Morgan fingerprint density at radius 2 is 2.14 bits per heavy atom. The molecule has 0 aliphatic heterocycles. The van der Waals surface area contributed by atoms with E-state index in [9.17, 15) is 0 Å². The smallest absolute Gasteiger partial charge is 0.0451 e. The fraction of sp³-hybridized carbons (Fsp3) is 0.353. The van der Waals surface area contributed by atoms with Crippen LogP contribution in [0.5, 0.6) is 0 Å². The van der Waals surface area contributed by atoms with Crippen LogP contribution in [0, 0.1) is 10.5 Å². The van der Waals surface area contributed by atoms with Gasteiger partial charge >= 0.3 is 0 Å². The minimum absolute atomic E-state index is 0.280. The lowest BCUT2D eigenvalue weighted by atomic mass is 9.99. The Bertz CT molecular complexity index is 601. The third-order valence-corrected chi connectivity index (χ3v) is 4.88. The highest BCUT2D eigenvalue weighted by molar-refractivity contribution is 14.1. The monoisotopic (exact) mass is 458 g/mol. The van der Waals surface area contributed by atoms with E-state index in [1.165, 1.54) is 14.7 Å². The van der Waals surface area contributed by atoms with Crippen molar-refractivity contribution in [2.75, 3.05) is 6.54 Å². The second kappa shape index (κ2) is 8.25. The Morgan fingerprint density at radius 3 is 2.86 bits per heavy atom. The zero-order valence-corrected chi connectivity index (χ0v) is 16.1. The van der Waals surface area contributed by atoms with E-state index in [1.807, 2.05) is 12.3 Å². The fourth-order valence-corrected chi connectivity index (χ4v) is 3.36. The first-order chi connectivity index (χ1) is 10.1. The van der Waals surface area contributed by atoms with Crippen molar-refractivity contribution in [2.45, 2.75) is 32.7 Å². The van der Waals surface area contributed by atoms with Gasteiger partial charge in [-0.05, 0) is 77.9 Å². The number of hydrogen-bond acceptors (Lipinski definition) is 2. The Hall–Kier alpha value is -0.460. The van der Waals surface area contributed by atoms with E-state index in [0.717, 1.165) is 29.6 Å². The first-order valence-corrected chi connectivity index (χ1v) is 9.07. The number of aromatic nitrogens is 1. The number of halogens is 2. The minimum atomic E-state index is 0.280. The minimum Gasteiger partial charge on any atom is -0.310 e. The molecule has 0 radical (unpaired) electrons. The number of pyridine rings is 1. The fourth-order valence-electron chi connectivity index (χ4n) is 2.32. The zero-order chi connectivity index (χ0) is 15.2. The number of rotatable bonds is 6. The highest BCUT2D eigenvalue weighted by Crippen LogP contribution is 2.28. The summed E-state index contributed by atoms with van der Waals surface area (Å²) < 4.78 is 2.41. The molecule has 2 nitrogen and oxygen atoms in total. The normalized spacial score (nSPS) is 12.4. The zero-order valence-electron chi connectivity index (χ0n) is 12.4. The van der Waals surface area contributed by atoms with E-state index in [1.54, 1.807) is 0 Å². The first kappa shape index (κ1) is 16.9. The molecule has 1 unspecified atom stereocenters. The highest BCUT2D eigenvalue weighted by Gasteiger charge is 2.16. The van der Waals surface area contributed by atoms with E-state index < -0.39 is 0 Å². The Balaban J connectivity index is 2.30. The van der Waals surface area contributed by atoms with Gasteiger partial charge in [0.05, 0.1) is 0 Å². The molecule has 1 aromatic carbocycles. The molecule has 0 amide bonds. The van der Waals surface area contributed by atoms with Gasteiger partial charge in [-0.25, -0.2) is 0 Å². The average molecular weight is 459 g/mol. The van der Waals surface area contributed by atoms with Gasteiger partial charge in [-0.1, -0.05) is 28.9 Å². The summed E-state index contributed by atoms with van der Waals surface area (Å²) in [6.45, 7) is 5.33. The van der Waals surface area contributed by atoms with Crippen LogP contribution in [0.3, 0.4) is 0 Å². The molecule has 21 heavy (non-hydrogen) atoms. The SMILES string of the molecule is CCCNC(Cc1ncccc1C)c1cc(I)ccc1Br. The average Bonchev–Trinajstić information content (AvgIpc) is 2.48. The summed E-state index contributed by atoms with van der Waals surface area (Å²) >= 11 is 6.06. The quantitative estimate of drug-likeness (QED) is 0.613. The summed E-state index contributed by atoms with van der Waals surface area (Å²) in [6.07, 6.45) is 3.91. The van der Waals surface area contributed by atoms with Crippen molar-refractivity contribution >= 4 is 38.5 Å². The summed E-state index contributed by atoms with van der Waals surface area (Å²) in [5, 5.41) is 3.66. The molecule has 0 saturated heterocycles. The Morgan fingerprint density at radius 1 is 1.33 bits per heavy atom. The van der Waals surface area contributed by atoms with Gasteiger partial charge in [0, 0.05) is 32.4 Å². The molecule has 0 spiro atoms. The molecule has 0 saturated carbocycles. The van der Waals surface area contributed by atoms with Crippen LogP contribution in [0.1, 0.15) is 36.2 Å². The van der Waals surface area contributed by atoms with Crippen LogP contribution in [0.15, 0.2) is 41.0 Å². The number of nitrogens with zero attached hydrogens (tertiary/aromatic N) is 1. The highest BCUT2D eigenvalue weighted by atomic mass is 127. The molecule has 0 aliphatic rings. The number of benzene rings is 1. The molecule has 0 bridgehead atoms. The van der Waals surface area contributed by atoms with Crippen LogP contribution in [0.4, 0.5) is 0 Å². The maximum absolute atomic E-state index is 4.55. The molecule has 2 rings (SSSR count). The topological polar surface area (TPSA) is 24.9 Å². The maximum Gasteiger partial charge on any atom is 0.0451 e. The van der Waals surface area contributed by atoms with E-state index in [-0.39, 0.29) is 6.04 Å². The van der Waals surface area contributed by atoms with Gasteiger partial charge in [-0.15, -0.1) is 0 Å². The lowest BCUT2D eigenvalue weighted by molar-refractivity contribution is 0.521. The van der Waals surface area contributed by atoms with Crippen LogP contribution in [-0.4, -0.2) is 11.5 Å². The Kier molecular flexibility index (Phi) is 6.64. The van der Waals surface area contributed by atoms with Crippen molar-refractivity contribution in [1.29, 1.82) is 0 Å². The van der Waals surface area contributed by atoms with Crippen molar-refractivity contribution < 1.29 is 0 Å². The van der Waals surface area contributed by atoms with Crippen LogP contribution in [-0.2, 0) is 6.42 Å². The van der Waals surface area contributed by atoms with Gasteiger partial charge in [0.1, 0.15) is 0 Å². The van der Waals surface area contributed by atoms with Crippen LogP contribution >= 0.6 is 38.5 Å². The summed E-state index contributed by atoms with van der Waals surface area (Å²) in [5.41, 5.74) is 3.72. The standard InChI is InChI=1S/C17H20BrIN2/c1-3-8-20-17(11-16-12(2)5-4-9-21-16)14-10-13(19)6-7-15(14)18/h4-7,9-10,17,20H,3,8,11H2,1-2H3. The Labute approximate surface area is 149 Å². The first-order valence-electron chi connectivity index (χ1n) is 7.20. The molecule has 4 heteroatoms. The molecular formula is C17H20BrIN2. The van der Waals surface area contributed by atoms with Crippen molar-refractivity contribution in [3.05, 3.63) is 61.4 Å². The second-order valence-corrected chi connectivity index (χ2v) is 7.24. The number of aryl methyl sites for hydroxylation is 1. The predicted octanol–water partition coefficient (Wildman–Crippen LogP) is 5.04. The number of hydrogen-bond donors (Lipinski definition) is 1. The maximum atomic E-state index is 4.55. The molecule has 0 aliphatic carbocycles. The van der Waals surface area contributed by atoms with E-state index in [4.69, 9.17) is 0 Å². The van der Waals surface area contributed by atoms with Crippen molar-refractivity contribution in [3.8, 4) is 0 Å².